The van der Waals surface area contributed by atoms with Crippen molar-refractivity contribution in [1.82, 2.24) is 5.32 Å². The molecule has 0 aromatic heterocycles. The van der Waals surface area contributed by atoms with Crippen molar-refractivity contribution < 1.29 is 14.3 Å². The minimum Gasteiger partial charge on any atom is -0.496 e. The van der Waals surface area contributed by atoms with E-state index in [9.17, 15) is 4.79 Å². The van der Waals surface area contributed by atoms with Gasteiger partial charge in [0.1, 0.15) is 18.1 Å². The zero-order valence-electron chi connectivity index (χ0n) is 19.7. The Morgan fingerprint density at radius 2 is 1.44 bits per heavy atom. The lowest BCUT2D eigenvalue weighted by molar-refractivity contribution is 0.0942. The van der Waals surface area contributed by atoms with Crippen LogP contribution in [-0.2, 0) is 6.61 Å². The fourth-order valence-corrected chi connectivity index (χ4v) is 3.86. The van der Waals surface area contributed by atoms with Crippen molar-refractivity contribution in [1.29, 1.82) is 0 Å². The summed E-state index contributed by atoms with van der Waals surface area (Å²) in [4.78, 5) is 13.3. The van der Waals surface area contributed by atoms with Crippen molar-refractivity contribution in [2.45, 2.75) is 26.5 Å². The van der Waals surface area contributed by atoms with E-state index >= 15 is 0 Å². The first-order valence-electron chi connectivity index (χ1n) is 11.3. The Balaban J connectivity index is 1.56. The summed E-state index contributed by atoms with van der Waals surface area (Å²) in [5.74, 6) is 1.31. The number of hydrogen-bond donors (Lipinski definition) is 1. The van der Waals surface area contributed by atoms with Gasteiger partial charge in [0.05, 0.1) is 13.2 Å². The first-order valence-corrected chi connectivity index (χ1v) is 11.3. The Bertz CT molecular complexity index is 1210. The van der Waals surface area contributed by atoms with Gasteiger partial charge >= 0.3 is 0 Å². The molecule has 0 fully saturated rings. The molecular formula is C30H29NO3. The number of nitrogens with one attached hydrogen (secondary N) is 1. The van der Waals surface area contributed by atoms with Gasteiger partial charge in [-0.15, -0.1) is 0 Å². The zero-order chi connectivity index (χ0) is 23.9. The number of hydrogen-bond acceptors (Lipinski definition) is 3. The van der Waals surface area contributed by atoms with Gasteiger partial charge in [0.2, 0.25) is 0 Å². The van der Waals surface area contributed by atoms with Crippen molar-refractivity contribution >= 4 is 5.91 Å². The molecule has 1 amide bonds. The first-order chi connectivity index (χ1) is 16.5. The highest BCUT2D eigenvalue weighted by molar-refractivity contribution is 5.95. The van der Waals surface area contributed by atoms with E-state index in [1.807, 2.05) is 91.0 Å². The number of carbonyl (C=O) groups is 1. The van der Waals surface area contributed by atoms with Gasteiger partial charge in [-0.1, -0.05) is 66.7 Å². The quantitative estimate of drug-likeness (QED) is 0.337. The van der Waals surface area contributed by atoms with E-state index in [1.54, 1.807) is 13.2 Å². The van der Waals surface area contributed by atoms with Crippen LogP contribution in [0.3, 0.4) is 0 Å². The molecule has 0 unspecified atom stereocenters. The van der Waals surface area contributed by atoms with Gasteiger partial charge in [-0.05, 0) is 66.4 Å². The van der Waals surface area contributed by atoms with Crippen LogP contribution in [0.15, 0.2) is 97.1 Å². The molecule has 4 nitrogen and oxygen atoms in total. The average Bonchev–Trinajstić information content (AvgIpc) is 2.88. The third kappa shape index (κ3) is 5.46. The van der Waals surface area contributed by atoms with E-state index in [0.29, 0.717) is 17.9 Å². The largest absolute Gasteiger partial charge is 0.496 e. The lowest BCUT2D eigenvalue weighted by Crippen LogP contribution is -2.29. The van der Waals surface area contributed by atoms with Crippen LogP contribution < -0.4 is 14.8 Å². The number of amides is 1. The molecule has 1 N–H and O–H groups in total. The van der Waals surface area contributed by atoms with Crippen LogP contribution in [0.1, 0.15) is 44.2 Å². The molecule has 0 aliphatic heterocycles. The van der Waals surface area contributed by atoms with Crippen LogP contribution >= 0.6 is 0 Å². The van der Waals surface area contributed by atoms with Crippen molar-refractivity contribution in [3.8, 4) is 11.5 Å². The molecule has 0 spiro atoms. The summed E-state index contributed by atoms with van der Waals surface area (Å²) in [5, 5.41) is 3.20. The van der Waals surface area contributed by atoms with Gasteiger partial charge < -0.3 is 14.8 Å². The second-order valence-electron chi connectivity index (χ2n) is 8.29. The molecule has 4 aromatic rings. The predicted molar refractivity (Wildman–Crippen MR) is 135 cm³/mol. The highest BCUT2D eigenvalue weighted by Crippen LogP contribution is 2.26. The number of methoxy groups -OCH3 is 1. The fourth-order valence-electron chi connectivity index (χ4n) is 3.86. The molecule has 0 saturated carbocycles. The SMILES string of the molecule is COc1ccc(C(=O)NC(c2ccccc2)c2ccccc2)cc1COc1ccc(C)c(C)c1. The van der Waals surface area contributed by atoms with Crippen LogP contribution in [0.4, 0.5) is 0 Å². The van der Waals surface area contributed by atoms with Crippen molar-refractivity contribution in [3.05, 3.63) is 130 Å². The Hall–Kier alpha value is -4.05. The van der Waals surface area contributed by atoms with Crippen molar-refractivity contribution in [2.75, 3.05) is 7.11 Å². The molecule has 4 rings (SSSR count). The maximum Gasteiger partial charge on any atom is 0.252 e. The maximum absolute atomic E-state index is 13.3. The van der Waals surface area contributed by atoms with Gasteiger partial charge in [-0.3, -0.25) is 4.79 Å². The topological polar surface area (TPSA) is 47.6 Å². The lowest BCUT2D eigenvalue weighted by Gasteiger charge is -2.20. The highest BCUT2D eigenvalue weighted by Gasteiger charge is 2.19. The van der Waals surface area contributed by atoms with Crippen LogP contribution in [0.5, 0.6) is 11.5 Å². The molecular weight excluding hydrogens is 422 g/mol. The third-order valence-electron chi connectivity index (χ3n) is 5.96. The van der Waals surface area contributed by atoms with E-state index < -0.39 is 0 Å². The maximum atomic E-state index is 13.3. The molecule has 0 saturated heterocycles. The van der Waals surface area contributed by atoms with E-state index in [4.69, 9.17) is 9.47 Å². The second-order valence-corrected chi connectivity index (χ2v) is 8.29. The fraction of sp³-hybridized carbons (Fsp3) is 0.167. The van der Waals surface area contributed by atoms with E-state index in [1.165, 1.54) is 11.1 Å². The minimum atomic E-state index is -0.257. The van der Waals surface area contributed by atoms with Crippen LogP contribution in [-0.4, -0.2) is 13.0 Å². The normalized spacial score (nSPS) is 10.7. The standard InChI is InChI=1S/C30H29NO3/c1-21-14-16-27(18-22(21)2)34-20-26-19-25(15-17-28(26)33-3)30(32)31-29(23-10-6-4-7-11-23)24-12-8-5-9-13-24/h4-19,29H,20H2,1-3H3,(H,31,32). The molecule has 172 valence electrons. The molecule has 0 aliphatic carbocycles. The third-order valence-corrected chi connectivity index (χ3v) is 5.96. The molecule has 0 radical (unpaired) electrons. The first kappa shape index (κ1) is 23.1. The van der Waals surface area contributed by atoms with Gasteiger partial charge in [-0.25, -0.2) is 0 Å². The summed E-state index contributed by atoms with van der Waals surface area (Å²) < 4.78 is 11.5. The average molecular weight is 452 g/mol. The Morgan fingerprint density at radius 3 is 2.03 bits per heavy atom. The molecule has 4 heteroatoms. The van der Waals surface area contributed by atoms with Crippen LogP contribution in [0.2, 0.25) is 0 Å². The number of benzene rings is 4. The van der Waals surface area contributed by atoms with E-state index in [0.717, 1.165) is 22.4 Å². The van der Waals surface area contributed by atoms with Crippen molar-refractivity contribution in [3.63, 3.8) is 0 Å². The van der Waals surface area contributed by atoms with E-state index in [-0.39, 0.29) is 11.9 Å². The Morgan fingerprint density at radius 1 is 0.794 bits per heavy atom. The number of ether oxygens (including phenoxy) is 2. The molecule has 0 atom stereocenters. The monoisotopic (exact) mass is 451 g/mol. The molecule has 0 bridgehead atoms. The van der Waals surface area contributed by atoms with Crippen LogP contribution in [0, 0.1) is 13.8 Å². The van der Waals surface area contributed by atoms with Gasteiger partial charge in [0, 0.05) is 11.1 Å². The van der Waals surface area contributed by atoms with Gasteiger partial charge in [0.25, 0.3) is 5.91 Å². The summed E-state index contributed by atoms with van der Waals surface area (Å²) >= 11 is 0. The predicted octanol–water partition coefficient (Wildman–Crippen LogP) is 6.41. The summed E-state index contributed by atoms with van der Waals surface area (Å²) in [7, 11) is 1.62. The second kappa shape index (κ2) is 10.7. The van der Waals surface area contributed by atoms with E-state index in [2.05, 4.69) is 19.2 Å². The number of carbonyl (C=O) groups excluding carboxylic acids is 1. The summed E-state index contributed by atoms with van der Waals surface area (Å²) in [6.45, 7) is 4.43. The Kier molecular flexibility index (Phi) is 7.28. The molecule has 0 heterocycles. The lowest BCUT2D eigenvalue weighted by atomic mass is 9.98. The Labute approximate surface area is 201 Å². The van der Waals surface area contributed by atoms with Crippen molar-refractivity contribution in [2.24, 2.45) is 0 Å². The molecule has 34 heavy (non-hydrogen) atoms. The molecule has 4 aromatic carbocycles. The zero-order valence-corrected chi connectivity index (χ0v) is 19.7. The van der Waals surface area contributed by atoms with Crippen LogP contribution in [0.25, 0.3) is 0 Å². The molecule has 0 aliphatic rings. The number of rotatable bonds is 8. The smallest absolute Gasteiger partial charge is 0.252 e. The minimum absolute atomic E-state index is 0.159. The number of aryl methyl sites for hydroxylation is 2. The summed E-state index contributed by atoms with van der Waals surface area (Å²) in [6, 6.07) is 31.1. The van der Waals surface area contributed by atoms with Gasteiger partial charge in [0.15, 0.2) is 0 Å². The summed E-state index contributed by atoms with van der Waals surface area (Å²) in [6.07, 6.45) is 0. The summed E-state index contributed by atoms with van der Waals surface area (Å²) in [5.41, 5.74) is 5.80. The highest BCUT2D eigenvalue weighted by atomic mass is 16.5. The van der Waals surface area contributed by atoms with Gasteiger partial charge in [-0.2, -0.15) is 0 Å².